The third-order valence-corrected chi connectivity index (χ3v) is 4.39. The summed E-state index contributed by atoms with van der Waals surface area (Å²) in [5.41, 5.74) is 0. The number of hydrogen-bond donors (Lipinski definition) is 2. The molecule has 2 aliphatic carbocycles. The molecular weight excluding hydrogens is 222 g/mol. The molecule has 0 radical (unpaired) electrons. The standard InChI is InChI=1S/C15H27N3/c1-12-7-3-4-8-13(12)11-17-15(16-2)18-14-9-5-6-10-14/h5-6,12-14H,3-4,7-11H2,1-2H3,(H2,16,17,18). The van der Waals surface area contributed by atoms with E-state index in [1.54, 1.807) is 0 Å². The van der Waals surface area contributed by atoms with E-state index in [4.69, 9.17) is 0 Å². The lowest BCUT2D eigenvalue weighted by molar-refractivity contribution is 0.256. The van der Waals surface area contributed by atoms with Crippen LogP contribution < -0.4 is 10.6 Å². The van der Waals surface area contributed by atoms with Gasteiger partial charge in [0.25, 0.3) is 0 Å². The normalized spacial score (nSPS) is 29.6. The molecule has 18 heavy (non-hydrogen) atoms. The number of nitrogens with zero attached hydrogens (tertiary/aromatic N) is 1. The number of nitrogens with one attached hydrogen (secondary N) is 2. The van der Waals surface area contributed by atoms with Gasteiger partial charge in [-0.05, 0) is 31.1 Å². The second kappa shape index (κ2) is 6.81. The molecule has 2 atom stereocenters. The van der Waals surface area contributed by atoms with E-state index in [1.165, 1.54) is 25.7 Å². The highest BCUT2D eigenvalue weighted by Gasteiger charge is 2.21. The van der Waals surface area contributed by atoms with Crippen LogP contribution in [0.5, 0.6) is 0 Å². The van der Waals surface area contributed by atoms with E-state index in [-0.39, 0.29) is 0 Å². The fourth-order valence-electron chi connectivity index (χ4n) is 3.05. The molecule has 0 aromatic heterocycles. The quantitative estimate of drug-likeness (QED) is 0.458. The van der Waals surface area contributed by atoms with Crippen LogP contribution in [0.1, 0.15) is 45.4 Å². The summed E-state index contributed by atoms with van der Waals surface area (Å²) >= 11 is 0. The van der Waals surface area contributed by atoms with Gasteiger partial charge in [0.2, 0.25) is 0 Å². The molecule has 0 aliphatic heterocycles. The van der Waals surface area contributed by atoms with Crippen molar-refractivity contribution in [2.24, 2.45) is 16.8 Å². The minimum atomic E-state index is 0.542. The van der Waals surface area contributed by atoms with Crippen molar-refractivity contribution in [3.63, 3.8) is 0 Å². The SMILES string of the molecule is CN=C(NCC1CCCCC1C)NC1CC=CC1. The summed E-state index contributed by atoms with van der Waals surface area (Å²) in [6.45, 7) is 3.46. The van der Waals surface area contributed by atoms with E-state index in [0.717, 1.165) is 37.2 Å². The summed E-state index contributed by atoms with van der Waals surface area (Å²) in [5, 5.41) is 7.00. The maximum absolute atomic E-state index is 4.33. The fraction of sp³-hybridized carbons (Fsp3) is 0.800. The van der Waals surface area contributed by atoms with E-state index < -0.39 is 0 Å². The summed E-state index contributed by atoms with van der Waals surface area (Å²) in [5.74, 6) is 2.65. The Hall–Kier alpha value is -0.990. The first-order chi connectivity index (χ1) is 8.79. The van der Waals surface area contributed by atoms with Gasteiger partial charge in [-0.1, -0.05) is 38.3 Å². The molecule has 102 valence electrons. The highest BCUT2D eigenvalue weighted by molar-refractivity contribution is 5.80. The predicted octanol–water partition coefficient (Wildman–Crippen LogP) is 2.70. The van der Waals surface area contributed by atoms with Crippen LogP contribution in [0.15, 0.2) is 17.1 Å². The largest absolute Gasteiger partial charge is 0.356 e. The van der Waals surface area contributed by atoms with Crippen molar-refractivity contribution < 1.29 is 0 Å². The van der Waals surface area contributed by atoms with E-state index >= 15 is 0 Å². The van der Waals surface area contributed by atoms with Crippen LogP contribution >= 0.6 is 0 Å². The molecule has 2 unspecified atom stereocenters. The van der Waals surface area contributed by atoms with Gasteiger partial charge in [-0.25, -0.2) is 0 Å². The summed E-state index contributed by atoms with van der Waals surface area (Å²) in [6.07, 6.45) is 12.3. The molecule has 2 aliphatic rings. The molecule has 0 saturated heterocycles. The zero-order chi connectivity index (χ0) is 12.8. The van der Waals surface area contributed by atoms with Crippen LogP contribution in [-0.4, -0.2) is 25.6 Å². The number of guanidine groups is 1. The third-order valence-electron chi connectivity index (χ3n) is 4.39. The maximum atomic E-state index is 4.33. The van der Waals surface area contributed by atoms with Gasteiger partial charge in [0.15, 0.2) is 5.96 Å². The van der Waals surface area contributed by atoms with Crippen molar-refractivity contribution in [2.45, 2.75) is 51.5 Å². The Kier molecular flexibility index (Phi) is 5.09. The van der Waals surface area contributed by atoms with Gasteiger partial charge in [-0.3, -0.25) is 4.99 Å². The molecule has 0 amide bonds. The lowest BCUT2D eigenvalue weighted by atomic mass is 9.80. The molecule has 1 fully saturated rings. The Labute approximate surface area is 111 Å². The zero-order valence-corrected chi connectivity index (χ0v) is 11.8. The minimum absolute atomic E-state index is 0.542. The predicted molar refractivity (Wildman–Crippen MR) is 77.8 cm³/mol. The third kappa shape index (κ3) is 3.76. The van der Waals surface area contributed by atoms with Gasteiger partial charge in [0.05, 0.1) is 0 Å². The van der Waals surface area contributed by atoms with E-state index in [0.29, 0.717) is 6.04 Å². The van der Waals surface area contributed by atoms with Gasteiger partial charge in [-0.15, -0.1) is 0 Å². The van der Waals surface area contributed by atoms with Gasteiger partial charge < -0.3 is 10.6 Å². The molecule has 0 aromatic carbocycles. The van der Waals surface area contributed by atoms with Gasteiger partial charge in [0, 0.05) is 19.6 Å². The van der Waals surface area contributed by atoms with Crippen LogP contribution in [0, 0.1) is 11.8 Å². The summed E-state index contributed by atoms with van der Waals surface area (Å²) < 4.78 is 0. The first-order valence-corrected chi connectivity index (χ1v) is 7.41. The molecule has 0 heterocycles. The lowest BCUT2D eigenvalue weighted by Crippen LogP contribution is -2.45. The monoisotopic (exact) mass is 249 g/mol. The minimum Gasteiger partial charge on any atom is -0.356 e. The van der Waals surface area contributed by atoms with Crippen LogP contribution in [0.25, 0.3) is 0 Å². The summed E-state index contributed by atoms with van der Waals surface area (Å²) in [7, 11) is 1.86. The van der Waals surface area contributed by atoms with Crippen LogP contribution in [-0.2, 0) is 0 Å². The Morgan fingerprint density at radius 3 is 2.61 bits per heavy atom. The molecule has 0 bridgehead atoms. The van der Waals surface area contributed by atoms with Crippen molar-refractivity contribution >= 4 is 5.96 Å². The Morgan fingerprint density at radius 1 is 1.22 bits per heavy atom. The summed E-state index contributed by atoms with van der Waals surface area (Å²) in [6, 6.07) is 0.542. The average Bonchev–Trinajstić information content (AvgIpc) is 2.89. The van der Waals surface area contributed by atoms with Gasteiger partial charge in [-0.2, -0.15) is 0 Å². The second-order valence-corrected chi connectivity index (χ2v) is 5.76. The van der Waals surface area contributed by atoms with Crippen molar-refractivity contribution in [3.05, 3.63) is 12.2 Å². The highest BCUT2D eigenvalue weighted by Crippen LogP contribution is 2.28. The van der Waals surface area contributed by atoms with E-state index in [1.807, 2.05) is 7.05 Å². The maximum Gasteiger partial charge on any atom is 0.191 e. The molecule has 2 rings (SSSR count). The number of aliphatic imine (C=N–C) groups is 1. The van der Waals surface area contributed by atoms with Crippen molar-refractivity contribution in [1.82, 2.24) is 10.6 Å². The molecule has 3 heteroatoms. The van der Waals surface area contributed by atoms with Crippen LogP contribution in [0.4, 0.5) is 0 Å². The average molecular weight is 249 g/mol. The molecular formula is C15H27N3. The topological polar surface area (TPSA) is 36.4 Å². The Balaban J connectivity index is 1.72. The Morgan fingerprint density at radius 2 is 1.94 bits per heavy atom. The smallest absolute Gasteiger partial charge is 0.191 e. The molecule has 0 aromatic rings. The van der Waals surface area contributed by atoms with Crippen molar-refractivity contribution in [2.75, 3.05) is 13.6 Å². The second-order valence-electron chi connectivity index (χ2n) is 5.76. The van der Waals surface area contributed by atoms with Crippen LogP contribution in [0.2, 0.25) is 0 Å². The fourth-order valence-corrected chi connectivity index (χ4v) is 3.05. The zero-order valence-electron chi connectivity index (χ0n) is 11.8. The highest BCUT2D eigenvalue weighted by atomic mass is 15.2. The van der Waals surface area contributed by atoms with E-state index in [2.05, 4.69) is 34.7 Å². The Bertz CT molecular complexity index is 301. The summed E-state index contributed by atoms with van der Waals surface area (Å²) in [4.78, 5) is 4.33. The lowest BCUT2D eigenvalue weighted by Gasteiger charge is -2.29. The number of hydrogen-bond acceptors (Lipinski definition) is 1. The molecule has 1 saturated carbocycles. The molecule has 2 N–H and O–H groups in total. The van der Waals surface area contributed by atoms with Gasteiger partial charge in [0.1, 0.15) is 0 Å². The van der Waals surface area contributed by atoms with Gasteiger partial charge >= 0.3 is 0 Å². The number of rotatable bonds is 3. The van der Waals surface area contributed by atoms with Crippen molar-refractivity contribution in [3.8, 4) is 0 Å². The molecule has 0 spiro atoms. The van der Waals surface area contributed by atoms with E-state index in [9.17, 15) is 0 Å². The van der Waals surface area contributed by atoms with Crippen LogP contribution in [0.3, 0.4) is 0 Å². The first kappa shape index (κ1) is 13.4. The molecule has 3 nitrogen and oxygen atoms in total. The van der Waals surface area contributed by atoms with Crippen molar-refractivity contribution in [1.29, 1.82) is 0 Å². The first-order valence-electron chi connectivity index (χ1n) is 7.41.